The molecule has 0 aromatic carbocycles. The van der Waals surface area contributed by atoms with Crippen LogP contribution >= 0.6 is 11.8 Å². The lowest BCUT2D eigenvalue weighted by Gasteiger charge is -2.21. The molecule has 0 radical (unpaired) electrons. The van der Waals surface area contributed by atoms with Gasteiger partial charge < -0.3 is 4.74 Å². The van der Waals surface area contributed by atoms with Gasteiger partial charge in [0.05, 0.1) is 5.25 Å². The Hall–Kier alpha value is -1.57. The number of ether oxygens (including phenoxy) is 1. The van der Waals surface area contributed by atoms with Gasteiger partial charge in [-0.3, -0.25) is 24.6 Å². The predicted molar refractivity (Wildman–Crippen MR) is 70.9 cm³/mol. The lowest BCUT2D eigenvalue weighted by Crippen LogP contribution is -2.41. The van der Waals surface area contributed by atoms with Crippen molar-refractivity contribution in [1.82, 2.24) is 10.2 Å². The third-order valence-electron chi connectivity index (χ3n) is 3.27. The van der Waals surface area contributed by atoms with E-state index in [9.17, 15) is 19.2 Å². The first-order valence-electron chi connectivity index (χ1n) is 6.34. The van der Waals surface area contributed by atoms with Crippen LogP contribution in [0.3, 0.4) is 0 Å². The van der Waals surface area contributed by atoms with Gasteiger partial charge in [0.1, 0.15) is 0 Å². The van der Waals surface area contributed by atoms with Crippen molar-refractivity contribution >= 4 is 34.9 Å². The molecular formula is C12H16N2O5S. The Morgan fingerprint density at radius 2 is 1.90 bits per heavy atom. The zero-order valence-corrected chi connectivity index (χ0v) is 12.2. The molecule has 2 aliphatic rings. The Bertz CT molecular complexity index is 478. The van der Waals surface area contributed by atoms with Gasteiger partial charge in [-0.2, -0.15) is 0 Å². The second kappa shape index (κ2) is 5.43. The molecule has 7 nitrogen and oxygen atoms in total. The summed E-state index contributed by atoms with van der Waals surface area (Å²) >= 11 is 1.00. The van der Waals surface area contributed by atoms with Gasteiger partial charge in [-0.05, 0) is 5.92 Å². The fourth-order valence-electron chi connectivity index (χ4n) is 2.18. The fraction of sp³-hybridized carbons (Fsp3) is 0.667. The van der Waals surface area contributed by atoms with E-state index in [4.69, 9.17) is 4.74 Å². The topological polar surface area (TPSA) is 92.8 Å². The molecule has 0 bridgehead atoms. The summed E-state index contributed by atoms with van der Waals surface area (Å²) in [5.74, 6) is -1.16. The number of carbonyl (C=O) groups is 4. The van der Waals surface area contributed by atoms with E-state index in [1.807, 2.05) is 19.2 Å². The molecule has 0 spiro atoms. The van der Waals surface area contributed by atoms with Crippen molar-refractivity contribution in [3.05, 3.63) is 0 Å². The summed E-state index contributed by atoms with van der Waals surface area (Å²) in [7, 11) is 0. The van der Waals surface area contributed by atoms with Crippen molar-refractivity contribution in [3.8, 4) is 0 Å². The van der Waals surface area contributed by atoms with Gasteiger partial charge in [0, 0.05) is 12.5 Å². The first-order chi connectivity index (χ1) is 9.31. The summed E-state index contributed by atoms with van der Waals surface area (Å²) in [5.41, 5.74) is 0. The summed E-state index contributed by atoms with van der Waals surface area (Å²) in [6.07, 6.45) is -1.74. The van der Waals surface area contributed by atoms with Crippen molar-refractivity contribution in [2.75, 3.05) is 6.54 Å². The number of hydrogen-bond donors (Lipinski definition) is 1. The van der Waals surface area contributed by atoms with Crippen molar-refractivity contribution < 1.29 is 23.9 Å². The number of alkyl carbamates (subject to hydrolysis) is 1. The summed E-state index contributed by atoms with van der Waals surface area (Å²) in [6, 6.07) is 0. The zero-order valence-electron chi connectivity index (χ0n) is 11.4. The molecule has 2 fully saturated rings. The highest BCUT2D eigenvalue weighted by Crippen LogP contribution is 2.32. The number of hydrogen-bond acceptors (Lipinski definition) is 6. The quantitative estimate of drug-likeness (QED) is 0.832. The highest BCUT2D eigenvalue weighted by Gasteiger charge is 2.44. The van der Waals surface area contributed by atoms with Crippen molar-refractivity contribution in [3.63, 3.8) is 0 Å². The van der Waals surface area contributed by atoms with Gasteiger partial charge >= 0.3 is 6.09 Å². The molecule has 0 aromatic rings. The third-order valence-corrected chi connectivity index (χ3v) is 4.69. The van der Waals surface area contributed by atoms with E-state index in [1.54, 1.807) is 6.92 Å². The van der Waals surface area contributed by atoms with Gasteiger partial charge in [-0.25, -0.2) is 4.79 Å². The van der Waals surface area contributed by atoms with Crippen LogP contribution in [0.2, 0.25) is 0 Å². The lowest BCUT2D eigenvalue weighted by molar-refractivity contribution is -0.130. The van der Waals surface area contributed by atoms with Crippen LogP contribution in [0.15, 0.2) is 0 Å². The first kappa shape index (κ1) is 14.8. The molecule has 3 atom stereocenters. The molecule has 1 N–H and O–H groups in total. The summed E-state index contributed by atoms with van der Waals surface area (Å²) in [6.45, 7) is 5.49. The summed E-state index contributed by atoms with van der Waals surface area (Å²) in [4.78, 5) is 47.6. The Morgan fingerprint density at radius 3 is 2.35 bits per heavy atom. The molecule has 8 heteroatoms. The number of nitrogens with one attached hydrogen (secondary N) is 1. The number of nitrogens with zero attached hydrogens (tertiary/aromatic N) is 1. The molecule has 20 heavy (non-hydrogen) atoms. The Morgan fingerprint density at radius 1 is 1.25 bits per heavy atom. The van der Waals surface area contributed by atoms with Crippen LogP contribution in [0.1, 0.15) is 20.8 Å². The highest BCUT2D eigenvalue weighted by atomic mass is 32.2. The number of amides is 4. The molecular weight excluding hydrogens is 284 g/mol. The largest absolute Gasteiger partial charge is 0.435 e. The van der Waals surface area contributed by atoms with Gasteiger partial charge in [0.15, 0.2) is 6.10 Å². The van der Waals surface area contributed by atoms with E-state index in [1.165, 1.54) is 0 Å². The van der Waals surface area contributed by atoms with E-state index in [0.717, 1.165) is 16.7 Å². The predicted octanol–water partition coefficient (Wildman–Crippen LogP) is 0.978. The molecule has 0 saturated carbocycles. The number of rotatable bonds is 4. The van der Waals surface area contributed by atoms with E-state index >= 15 is 0 Å². The van der Waals surface area contributed by atoms with Crippen LogP contribution in [0.5, 0.6) is 0 Å². The maximum absolute atomic E-state index is 12.1. The van der Waals surface area contributed by atoms with Crippen LogP contribution in [0.4, 0.5) is 9.59 Å². The number of imide groups is 2. The average Bonchev–Trinajstić information content (AvgIpc) is 2.82. The van der Waals surface area contributed by atoms with Crippen LogP contribution in [0, 0.1) is 11.8 Å². The monoisotopic (exact) mass is 300 g/mol. The van der Waals surface area contributed by atoms with E-state index in [-0.39, 0.29) is 28.9 Å². The Labute approximate surface area is 120 Å². The SMILES string of the molecule is CC(C)C1SC(=O)N(CC(C)C2OC(=O)NC2=O)C1=O. The van der Waals surface area contributed by atoms with Crippen molar-refractivity contribution in [2.45, 2.75) is 32.1 Å². The molecule has 2 heterocycles. The molecule has 2 rings (SSSR count). The Kier molecular flexibility index (Phi) is 4.03. The number of cyclic esters (lactones) is 1. The number of carbonyl (C=O) groups excluding carboxylic acids is 4. The molecule has 0 aromatic heterocycles. The average molecular weight is 300 g/mol. The molecule has 0 aliphatic carbocycles. The normalized spacial score (nSPS) is 28.1. The maximum atomic E-state index is 12.1. The van der Waals surface area contributed by atoms with Gasteiger partial charge in [-0.1, -0.05) is 32.5 Å². The maximum Gasteiger partial charge on any atom is 0.414 e. The zero-order chi connectivity index (χ0) is 15.0. The van der Waals surface area contributed by atoms with E-state index in [0.29, 0.717) is 0 Å². The standard InChI is InChI=1S/C12H16N2O5S/c1-5(2)8-10(16)14(12(18)20-8)4-6(3)7-9(15)13-11(17)19-7/h5-8H,4H2,1-3H3,(H,13,15,17). The van der Waals surface area contributed by atoms with Gasteiger partial charge in [-0.15, -0.1) is 0 Å². The van der Waals surface area contributed by atoms with Crippen LogP contribution in [-0.4, -0.2) is 45.9 Å². The Balaban J connectivity index is 2.03. The minimum atomic E-state index is -0.953. The summed E-state index contributed by atoms with van der Waals surface area (Å²) < 4.78 is 4.83. The fourth-order valence-corrected chi connectivity index (χ4v) is 3.19. The van der Waals surface area contributed by atoms with Gasteiger partial charge in [0.2, 0.25) is 5.91 Å². The van der Waals surface area contributed by atoms with E-state index in [2.05, 4.69) is 0 Å². The second-order valence-electron chi connectivity index (χ2n) is 5.29. The van der Waals surface area contributed by atoms with Gasteiger partial charge in [0.25, 0.3) is 11.1 Å². The highest BCUT2D eigenvalue weighted by molar-refractivity contribution is 8.15. The van der Waals surface area contributed by atoms with Crippen LogP contribution in [-0.2, 0) is 14.3 Å². The molecule has 2 aliphatic heterocycles. The minimum Gasteiger partial charge on any atom is -0.435 e. The third kappa shape index (κ3) is 2.65. The molecule has 110 valence electrons. The first-order valence-corrected chi connectivity index (χ1v) is 7.22. The van der Waals surface area contributed by atoms with E-state index < -0.39 is 24.0 Å². The molecule has 3 unspecified atom stereocenters. The minimum absolute atomic E-state index is 0.0596. The summed E-state index contributed by atoms with van der Waals surface area (Å²) in [5, 5.41) is 1.33. The van der Waals surface area contributed by atoms with Crippen LogP contribution in [0.25, 0.3) is 0 Å². The molecule has 4 amide bonds. The van der Waals surface area contributed by atoms with Crippen molar-refractivity contribution in [2.24, 2.45) is 11.8 Å². The number of thioether (sulfide) groups is 1. The molecule has 2 saturated heterocycles. The van der Waals surface area contributed by atoms with Crippen molar-refractivity contribution in [1.29, 1.82) is 0 Å². The second-order valence-corrected chi connectivity index (χ2v) is 6.38. The lowest BCUT2D eigenvalue weighted by atomic mass is 10.0. The van der Waals surface area contributed by atoms with Crippen LogP contribution < -0.4 is 5.32 Å². The smallest absolute Gasteiger partial charge is 0.414 e.